The quantitative estimate of drug-likeness (QED) is 0.922. The molecule has 0 spiro atoms. The highest BCUT2D eigenvalue weighted by molar-refractivity contribution is 5.40. The number of fused-ring (bicyclic) bond motifs is 1. The fraction of sp³-hybridized carbons (Fsp3) is 0.471. The zero-order valence-corrected chi connectivity index (χ0v) is 13.4. The molecule has 0 unspecified atom stereocenters. The van der Waals surface area contributed by atoms with Crippen molar-refractivity contribution in [2.75, 3.05) is 14.2 Å². The van der Waals surface area contributed by atoms with Crippen LogP contribution in [0.2, 0.25) is 0 Å². The molecule has 1 aromatic heterocycles. The summed E-state index contributed by atoms with van der Waals surface area (Å²) >= 11 is 0. The number of benzene rings is 1. The minimum absolute atomic E-state index is 0.365. The van der Waals surface area contributed by atoms with Crippen LogP contribution >= 0.6 is 0 Å². The summed E-state index contributed by atoms with van der Waals surface area (Å²) in [6, 6.07) is 6.31. The highest BCUT2D eigenvalue weighted by Gasteiger charge is 2.23. The van der Waals surface area contributed by atoms with Gasteiger partial charge in [-0.3, -0.25) is 4.68 Å². The average molecular weight is 301 g/mol. The second-order valence-corrected chi connectivity index (χ2v) is 5.67. The minimum Gasteiger partial charge on any atom is -0.497 e. The molecule has 3 rings (SSSR count). The van der Waals surface area contributed by atoms with Crippen LogP contribution < -0.4 is 14.8 Å². The van der Waals surface area contributed by atoms with Crippen molar-refractivity contribution in [2.24, 2.45) is 7.05 Å². The van der Waals surface area contributed by atoms with E-state index in [1.54, 1.807) is 14.2 Å². The lowest BCUT2D eigenvalue weighted by molar-refractivity contribution is 0.386. The molecular weight excluding hydrogens is 278 g/mol. The van der Waals surface area contributed by atoms with Gasteiger partial charge in [0.15, 0.2) is 0 Å². The maximum Gasteiger partial charge on any atom is 0.127 e. The van der Waals surface area contributed by atoms with E-state index in [1.165, 1.54) is 17.7 Å². The monoisotopic (exact) mass is 301 g/mol. The standard InChI is InChI=1S/C17H23N3O2/c1-20-16-6-4-5-15(14(16)11-19-20)18-10-12-7-8-13(21-2)9-17(12)22-3/h7-9,11,15,18H,4-6,10H2,1-3H3/t15-/m1/s1. The summed E-state index contributed by atoms with van der Waals surface area (Å²) in [5, 5.41) is 8.04. The van der Waals surface area contributed by atoms with E-state index in [-0.39, 0.29) is 0 Å². The van der Waals surface area contributed by atoms with Gasteiger partial charge < -0.3 is 14.8 Å². The molecule has 1 aliphatic rings. The van der Waals surface area contributed by atoms with Gasteiger partial charge in [-0.25, -0.2) is 0 Å². The molecule has 1 N–H and O–H groups in total. The Labute approximate surface area is 131 Å². The Morgan fingerprint density at radius 2 is 2.18 bits per heavy atom. The Bertz CT molecular complexity index is 651. The molecule has 1 aromatic carbocycles. The maximum absolute atomic E-state index is 5.46. The molecule has 0 bridgehead atoms. The van der Waals surface area contributed by atoms with Crippen LogP contribution in [0.3, 0.4) is 0 Å². The third kappa shape index (κ3) is 2.81. The molecule has 5 nitrogen and oxygen atoms in total. The molecule has 0 radical (unpaired) electrons. The smallest absolute Gasteiger partial charge is 0.127 e. The number of hydrogen-bond acceptors (Lipinski definition) is 4. The van der Waals surface area contributed by atoms with E-state index in [2.05, 4.69) is 16.5 Å². The fourth-order valence-electron chi connectivity index (χ4n) is 3.15. The molecule has 0 amide bonds. The van der Waals surface area contributed by atoms with Crippen LogP contribution in [-0.4, -0.2) is 24.0 Å². The predicted molar refractivity (Wildman–Crippen MR) is 85.3 cm³/mol. The van der Waals surface area contributed by atoms with Crippen LogP contribution in [0.5, 0.6) is 11.5 Å². The Morgan fingerprint density at radius 1 is 1.32 bits per heavy atom. The number of methoxy groups -OCH3 is 2. The molecule has 0 saturated heterocycles. The molecule has 118 valence electrons. The fourth-order valence-corrected chi connectivity index (χ4v) is 3.15. The lowest BCUT2D eigenvalue weighted by Crippen LogP contribution is -2.25. The summed E-state index contributed by atoms with van der Waals surface area (Å²) < 4.78 is 12.7. The van der Waals surface area contributed by atoms with Crippen molar-refractivity contribution < 1.29 is 9.47 Å². The van der Waals surface area contributed by atoms with Crippen LogP contribution in [0.15, 0.2) is 24.4 Å². The largest absolute Gasteiger partial charge is 0.497 e. The summed E-state index contributed by atoms with van der Waals surface area (Å²) in [6.07, 6.45) is 5.47. The van der Waals surface area contributed by atoms with E-state index < -0.39 is 0 Å². The van der Waals surface area contributed by atoms with Gasteiger partial charge in [-0.2, -0.15) is 5.10 Å². The molecular formula is C17H23N3O2. The van der Waals surface area contributed by atoms with Gasteiger partial charge in [0.05, 0.1) is 20.4 Å². The summed E-state index contributed by atoms with van der Waals surface area (Å²) in [4.78, 5) is 0. The molecule has 5 heteroatoms. The van der Waals surface area contributed by atoms with Gasteiger partial charge in [0.2, 0.25) is 0 Å². The van der Waals surface area contributed by atoms with Crippen molar-refractivity contribution in [3.8, 4) is 11.5 Å². The number of rotatable bonds is 5. The second-order valence-electron chi connectivity index (χ2n) is 5.67. The Balaban J connectivity index is 1.73. The third-order valence-electron chi connectivity index (χ3n) is 4.41. The molecule has 22 heavy (non-hydrogen) atoms. The van der Waals surface area contributed by atoms with Crippen LogP contribution in [-0.2, 0) is 20.0 Å². The van der Waals surface area contributed by atoms with E-state index >= 15 is 0 Å². The first-order valence-corrected chi connectivity index (χ1v) is 7.68. The van der Waals surface area contributed by atoms with Crippen molar-refractivity contribution in [3.05, 3.63) is 41.2 Å². The van der Waals surface area contributed by atoms with Gasteiger partial charge in [-0.15, -0.1) is 0 Å². The van der Waals surface area contributed by atoms with Crippen molar-refractivity contribution >= 4 is 0 Å². The van der Waals surface area contributed by atoms with Gasteiger partial charge in [0, 0.05) is 42.5 Å². The predicted octanol–water partition coefficient (Wildman–Crippen LogP) is 2.60. The number of hydrogen-bond donors (Lipinski definition) is 1. The van der Waals surface area contributed by atoms with Crippen LogP contribution in [0.4, 0.5) is 0 Å². The molecule has 1 heterocycles. The molecule has 2 aromatic rings. The van der Waals surface area contributed by atoms with E-state index in [1.807, 2.05) is 30.1 Å². The van der Waals surface area contributed by atoms with E-state index in [0.29, 0.717) is 6.04 Å². The third-order valence-corrected chi connectivity index (χ3v) is 4.41. The second kappa shape index (κ2) is 6.40. The van der Waals surface area contributed by atoms with Gasteiger partial charge in [-0.05, 0) is 25.3 Å². The summed E-state index contributed by atoms with van der Waals surface area (Å²) in [5.74, 6) is 1.67. The number of aromatic nitrogens is 2. The maximum atomic E-state index is 5.46. The summed E-state index contributed by atoms with van der Waals surface area (Å²) in [5.41, 5.74) is 3.82. The molecule has 0 aliphatic heterocycles. The molecule has 1 atom stereocenters. The van der Waals surface area contributed by atoms with Gasteiger partial charge in [0.25, 0.3) is 0 Å². The number of aryl methyl sites for hydroxylation is 1. The lowest BCUT2D eigenvalue weighted by atomic mass is 9.93. The van der Waals surface area contributed by atoms with Crippen molar-refractivity contribution in [3.63, 3.8) is 0 Å². The van der Waals surface area contributed by atoms with Gasteiger partial charge in [0.1, 0.15) is 11.5 Å². The van der Waals surface area contributed by atoms with E-state index in [4.69, 9.17) is 9.47 Å². The van der Waals surface area contributed by atoms with Crippen LogP contribution in [0.1, 0.15) is 35.7 Å². The zero-order valence-electron chi connectivity index (χ0n) is 13.4. The Morgan fingerprint density at radius 3 is 2.95 bits per heavy atom. The highest BCUT2D eigenvalue weighted by atomic mass is 16.5. The van der Waals surface area contributed by atoms with Crippen LogP contribution in [0, 0.1) is 0 Å². The summed E-state index contributed by atoms with van der Waals surface area (Å²) in [7, 11) is 5.38. The summed E-state index contributed by atoms with van der Waals surface area (Å²) in [6.45, 7) is 0.770. The van der Waals surface area contributed by atoms with Crippen molar-refractivity contribution in [1.29, 1.82) is 0 Å². The Hall–Kier alpha value is -2.01. The minimum atomic E-state index is 0.365. The van der Waals surface area contributed by atoms with E-state index in [9.17, 15) is 0 Å². The van der Waals surface area contributed by atoms with Crippen molar-refractivity contribution in [1.82, 2.24) is 15.1 Å². The van der Waals surface area contributed by atoms with Crippen LogP contribution in [0.25, 0.3) is 0 Å². The average Bonchev–Trinajstić information content (AvgIpc) is 2.94. The van der Waals surface area contributed by atoms with Gasteiger partial charge in [-0.1, -0.05) is 6.07 Å². The van der Waals surface area contributed by atoms with Gasteiger partial charge >= 0.3 is 0 Å². The molecule has 0 fully saturated rings. The number of nitrogens with zero attached hydrogens (tertiary/aromatic N) is 2. The number of nitrogens with one attached hydrogen (secondary N) is 1. The first-order chi connectivity index (χ1) is 10.7. The molecule has 0 saturated carbocycles. The number of ether oxygens (including phenoxy) is 2. The highest BCUT2D eigenvalue weighted by Crippen LogP contribution is 2.30. The first-order valence-electron chi connectivity index (χ1n) is 7.68. The van der Waals surface area contributed by atoms with Crippen molar-refractivity contribution in [2.45, 2.75) is 31.8 Å². The first kappa shape index (κ1) is 14.9. The normalized spacial score (nSPS) is 17.1. The topological polar surface area (TPSA) is 48.3 Å². The Kier molecular flexibility index (Phi) is 4.34. The molecule has 1 aliphatic carbocycles. The SMILES string of the molecule is COc1ccc(CN[C@@H]2CCCc3c2cnn3C)c(OC)c1. The van der Waals surface area contributed by atoms with E-state index in [0.717, 1.165) is 36.4 Å². The zero-order chi connectivity index (χ0) is 15.5. The lowest BCUT2D eigenvalue weighted by Gasteiger charge is -2.24.